The topological polar surface area (TPSA) is 56.7 Å². The molecule has 4 nitrogen and oxygen atoms in total. The van der Waals surface area contributed by atoms with Crippen molar-refractivity contribution in [2.75, 3.05) is 0 Å². The van der Waals surface area contributed by atoms with Gasteiger partial charge in [0.2, 0.25) is 0 Å². The lowest BCUT2D eigenvalue weighted by Gasteiger charge is -2.17. The van der Waals surface area contributed by atoms with E-state index in [1.807, 2.05) is 20.9 Å². The molecule has 0 aliphatic heterocycles. The van der Waals surface area contributed by atoms with Crippen LogP contribution in [-0.4, -0.2) is 20.5 Å². The second-order valence-electron chi connectivity index (χ2n) is 3.62. The predicted octanol–water partition coefficient (Wildman–Crippen LogP) is 0.857. The predicted molar refractivity (Wildman–Crippen MR) is 50.7 cm³/mol. The molecule has 2 N–H and O–H groups in total. The summed E-state index contributed by atoms with van der Waals surface area (Å²) in [6, 6.07) is 0. The molecule has 1 rings (SSSR count). The monoisotopic (exact) mass is 232 g/mol. The van der Waals surface area contributed by atoms with Crippen molar-refractivity contribution in [3.8, 4) is 0 Å². The normalized spacial score (nSPS) is 12.1. The van der Waals surface area contributed by atoms with Crippen LogP contribution in [0.5, 0.6) is 0 Å². The van der Waals surface area contributed by atoms with Gasteiger partial charge in [-0.05, 0) is 29.8 Å². The van der Waals surface area contributed by atoms with Gasteiger partial charge in [-0.1, -0.05) is 5.21 Å². The Balaban J connectivity index is 2.88. The Morgan fingerprint density at radius 2 is 2.17 bits per heavy atom. The summed E-state index contributed by atoms with van der Waals surface area (Å²) >= 11 is 3.32. The molecule has 0 atom stereocenters. The highest BCUT2D eigenvalue weighted by atomic mass is 79.9. The third kappa shape index (κ3) is 2.28. The third-order valence-electron chi connectivity index (χ3n) is 1.52. The average Bonchev–Trinajstić information content (AvgIpc) is 2.16. The number of aromatic nitrogens is 3. The van der Waals surface area contributed by atoms with E-state index in [-0.39, 0.29) is 5.54 Å². The van der Waals surface area contributed by atoms with Crippen LogP contribution < -0.4 is 5.73 Å². The van der Waals surface area contributed by atoms with Gasteiger partial charge < -0.3 is 5.73 Å². The fraction of sp³-hybridized carbons (Fsp3) is 0.714. The largest absolute Gasteiger partial charge is 0.325 e. The first-order valence-electron chi connectivity index (χ1n) is 3.73. The fourth-order valence-electron chi connectivity index (χ4n) is 0.970. The molecule has 0 saturated carbocycles. The first-order chi connectivity index (χ1) is 5.40. The Hall–Kier alpha value is -0.420. The van der Waals surface area contributed by atoms with Crippen LogP contribution in [0.4, 0.5) is 0 Å². The molecule has 0 radical (unpaired) electrons. The van der Waals surface area contributed by atoms with Crippen molar-refractivity contribution in [1.29, 1.82) is 0 Å². The molecule has 0 spiro atoms. The Kier molecular flexibility index (Phi) is 2.53. The lowest BCUT2D eigenvalue weighted by molar-refractivity contribution is 0.493. The van der Waals surface area contributed by atoms with Gasteiger partial charge in [0.25, 0.3) is 0 Å². The lowest BCUT2D eigenvalue weighted by Crippen LogP contribution is -2.35. The first kappa shape index (κ1) is 9.67. The molecule has 1 aromatic rings. The Labute approximate surface area is 80.3 Å². The first-order valence-corrected chi connectivity index (χ1v) is 4.52. The summed E-state index contributed by atoms with van der Waals surface area (Å²) in [6.07, 6.45) is 0.761. The number of nitrogens with zero attached hydrogens (tertiary/aromatic N) is 3. The maximum absolute atomic E-state index is 5.87. The van der Waals surface area contributed by atoms with Crippen molar-refractivity contribution >= 4 is 15.9 Å². The highest BCUT2D eigenvalue weighted by molar-refractivity contribution is 9.10. The molecule has 0 aliphatic rings. The van der Waals surface area contributed by atoms with Crippen LogP contribution in [0.15, 0.2) is 4.60 Å². The number of aryl methyl sites for hydroxylation is 1. The van der Waals surface area contributed by atoms with Gasteiger partial charge in [0.15, 0.2) is 4.60 Å². The summed E-state index contributed by atoms with van der Waals surface area (Å²) in [5.74, 6) is 0. The van der Waals surface area contributed by atoms with Crippen molar-refractivity contribution in [3.63, 3.8) is 0 Å². The fourth-order valence-corrected chi connectivity index (χ4v) is 1.44. The van der Waals surface area contributed by atoms with E-state index in [9.17, 15) is 0 Å². The molecule has 0 amide bonds. The molecule has 0 unspecified atom stereocenters. The van der Waals surface area contributed by atoms with Crippen molar-refractivity contribution < 1.29 is 0 Å². The molecule has 1 heterocycles. The molecule has 68 valence electrons. The second-order valence-corrected chi connectivity index (χ2v) is 4.37. The van der Waals surface area contributed by atoms with E-state index in [0.717, 1.165) is 16.7 Å². The molecule has 0 aromatic carbocycles. The molecular weight excluding hydrogens is 220 g/mol. The molecular formula is C7H13BrN4. The molecule has 0 bridgehead atoms. The zero-order valence-electron chi connectivity index (χ0n) is 7.50. The van der Waals surface area contributed by atoms with E-state index in [4.69, 9.17) is 5.73 Å². The number of hydrogen-bond acceptors (Lipinski definition) is 3. The van der Waals surface area contributed by atoms with Crippen molar-refractivity contribution in [3.05, 3.63) is 10.3 Å². The van der Waals surface area contributed by atoms with Crippen LogP contribution >= 0.6 is 15.9 Å². The quantitative estimate of drug-likeness (QED) is 0.824. The van der Waals surface area contributed by atoms with E-state index in [1.54, 1.807) is 4.68 Å². The van der Waals surface area contributed by atoms with Gasteiger partial charge in [0, 0.05) is 19.0 Å². The van der Waals surface area contributed by atoms with Gasteiger partial charge in [-0.2, -0.15) is 0 Å². The molecule has 5 heteroatoms. The van der Waals surface area contributed by atoms with Gasteiger partial charge in [-0.3, -0.25) is 4.68 Å². The van der Waals surface area contributed by atoms with Gasteiger partial charge in [0.1, 0.15) is 0 Å². The Morgan fingerprint density at radius 3 is 2.50 bits per heavy atom. The summed E-state index contributed by atoms with van der Waals surface area (Å²) in [6.45, 7) is 3.96. The van der Waals surface area contributed by atoms with E-state index in [2.05, 4.69) is 26.2 Å². The molecule has 12 heavy (non-hydrogen) atoms. The summed E-state index contributed by atoms with van der Waals surface area (Å²) in [4.78, 5) is 0. The average molecular weight is 233 g/mol. The molecule has 0 aliphatic carbocycles. The van der Waals surface area contributed by atoms with Crippen LogP contribution in [0, 0.1) is 0 Å². The van der Waals surface area contributed by atoms with Crippen LogP contribution in [-0.2, 0) is 13.5 Å². The number of rotatable bonds is 2. The third-order valence-corrected chi connectivity index (χ3v) is 2.13. The van der Waals surface area contributed by atoms with Gasteiger partial charge in [-0.25, -0.2) is 0 Å². The van der Waals surface area contributed by atoms with Crippen LogP contribution in [0.2, 0.25) is 0 Å². The van der Waals surface area contributed by atoms with Crippen LogP contribution in [0.25, 0.3) is 0 Å². The van der Waals surface area contributed by atoms with Crippen LogP contribution in [0.3, 0.4) is 0 Å². The number of nitrogens with two attached hydrogens (primary N) is 1. The van der Waals surface area contributed by atoms with Gasteiger partial charge >= 0.3 is 0 Å². The Morgan fingerprint density at radius 1 is 1.58 bits per heavy atom. The highest BCUT2D eigenvalue weighted by Gasteiger charge is 2.17. The van der Waals surface area contributed by atoms with Crippen molar-refractivity contribution in [2.45, 2.75) is 25.8 Å². The Bertz CT molecular complexity index is 254. The van der Waals surface area contributed by atoms with Crippen molar-refractivity contribution in [2.24, 2.45) is 12.8 Å². The summed E-state index contributed by atoms with van der Waals surface area (Å²) in [5.41, 5.74) is 6.68. The standard InChI is InChI=1S/C7H13BrN4/c1-7(2,9)4-5-6(8)10-11-12(5)3/h4,9H2,1-3H3. The van der Waals surface area contributed by atoms with Crippen molar-refractivity contribution in [1.82, 2.24) is 15.0 Å². The number of halogens is 1. The van der Waals surface area contributed by atoms with Gasteiger partial charge in [0.05, 0.1) is 5.69 Å². The van der Waals surface area contributed by atoms with E-state index in [0.29, 0.717) is 0 Å². The minimum absolute atomic E-state index is 0.224. The second kappa shape index (κ2) is 3.14. The minimum atomic E-state index is -0.224. The highest BCUT2D eigenvalue weighted by Crippen LogP contribution is 2.16. The molecule has 0 fully saturated rings. The smallest absolute Gasteiger partial charge is 0.151 e. The van der Waals surface area contributed by atoms with E-state index in [1.165, 1.54) is 0 Å². The molecule has 1 aromatic heterocycles. The zero-order valence-corrected chi connectivity index (χ0v) is 9.09. The maximum atomic E-state index is 5.87. The summed E-state index contributed by atoms with van der Waals surface area (Å²) in [7, 11) is 1.86. The van der Waals surface area contributed by atoms with Gasteiger partial charge in [-0.15, -0.1) is 5.10 Å². The SMILES string of the molecule is Cn1nnc(Br)c1CC(C)(C)N. The molecule has 0 saturated heterocycles. The lowest BCUT2D eigenvalue weighted by atomic mass is 10.0. The number of hydrogen-bond donors (Lipinski definition) is 1. The summed E-state index contributed by atoms with van der Waals surface area (Å²) in [5, 5.41) is 7.74. The van der Waals surface area contributed by atoms with Crippen LogP contribution in [0.1, 0.15) is 19.5 Å². The zero-order chi connectivity index (χ0) is 9.35. The maximum Gasteiger partial charge on any atom is 0.151 e. The minimum Gasteiger partial charge on any atom is -0.325 e. The van der Waals surface area contributed by atoms with E-state index < -0.39 is 0 Å². The van der Waals surface area contributed by atoms with E-state index >= 15 is 0 Å². The summed E-state index contributed by atoms with van der Waals surface area (Å²) < 4.78 is 2.52.